The van der Waals surface area contributed by atoms with Crippen molar-refractivity contribution in [3.05, 3.63) is 184 Å². The van der Waals surface area contributed by atoms with Gasteiger partial charge in [0.1, 0.15) is 0 Å². The molecule has 0 aromatic heterocycles. The number of nitrogens with one attached hydrogen (secondary N) is 4. The molecule has 5 aromatic carbocycles. The van der Waals surface area contributed by atoms with Crippen LogP contribution in [0.25, 0.3) is 0 Å². The zero-order valence-corrected chi connectivity index (χ0v) is 66.2. The van der Waals surface area contributed by atoms with Crippen molar-refractivity contribution in [2.45, 2.75) is 127 Å². The molecule has 108 heavy (non-hydrogen) atoms. The molecule has 5 unspecified atom stereocenters. The summed E-state index contributed by atoms with van der Waals surface area (Å²) in [5.41, 5.74) is 6.35. The van der Waals surface area contributed by atoms with Crippen LogP contribution in [0.5, 0.6) is 0 Å². The van der Waals surface area contributed by atoms with Crippen LogP contribution in [0.15, 0.2) is 146 Å². The summed E-state index contributed by atoms with van der Waals surface area (Å²) in [7, 11) is 0. The molecular weight excluding hydrogens is 1430 g/mol. The Hall–Kier alpha value is -5.77. The van der Waals surface area contributed by atoms with Crippen molar-refractivity contribution in [3.8, 4) is 0 Å². The second kappa shape index (κ2) is 46.3. The smallest absolute Gasteiger partial charge is 0.227 e. The molecule has 9 aliphatic rings. The fourth-order valence-corrected chi connectivity index (χ4v) is 16.6. The maximum absolute atomic E-state index is 13.0. The summed E-state index contributed by atoms with van der Waals surface area (Å²) in [5.74, 6) is 2.64. The van der Waals surface area contributed by atoms with Gasteiger partial charge in [-0.05, 0) is 78.1 Å². The highest BCUT2D eigenvalue weighted by Gasteiger charge is 2.36. The van der Waals surface area contributed by atoms with Crippen LogP contribution in [0.3, 0.4) is 0 Å². The van der Waals surface area contributed by atoms with Crippen LogP contribution >= 0.6 is 34.8 Å². The number of carbonyl (C=O) groups excluding carboxylic acids is 3. The van der Waals surface area contributed by atoms with Crippen LogP contribution in [0.4, 0.5) is 0 Å². The predicted molar refractivity (Wildman–Crippen MR) is 434 cm³/mol. The Morgan fingerprint density at radius 1 is 0.444 bits per heavy atom. The molecule has 9 saturated heterocycles. The zero-order valence-electron chi connectivity index (χ0n) is 63.9. The van der Waals surface area contributed by atoms with E-state index >= 15 is 0 Å². The standard InChI is InChI=1S/C23H31N3O.C19H25Cl2N3O3.C19H23ClN2.C11H21N3O2.C9H19N3O.C2H3N/c27-23-11-12-24(19-23)17-22-18-25(15-20-7-3-1-4-8-20)13-14-26(22)16-21-9-5-2-6-10-21;1-13(25)23-6-7-24(15(11-23)10-22-5-4-16(26)12-22)19(27)9-14-2-3-17(20)18(21)8-14;20-13-19-16-21(14-17-7-3-1-4-8-17)11-12-22(19)15-18-9-5-2-6-10-18;1-9(15)14-5-3-12-10(7-14)6-13-4-2-11(16)8-13;13-9-1-4-12(7-9)6-8-5-10-2-3-11-8;1-2-3/h1-10,22-23,27H,11-19H2;2-3,8,15-16,26H,4-7,9-12H2,1H3;1-10,19H,11-16H2;10-12,16H,2-8H2,1H3;8-11,13H,1-7H2;3H,1H2/t22?,23-;15?,16-;;10?,11-;8?,9-;/m00.00./s1. The quantitative estimate of drug-likeness (QED) is 0.0371. The number of aliphatic hydroxyl groups is 4. The molecular formula is C83H122Cl3N15O7. The second-order valence-electron chi connectivity index (χ2n) is 30.4. The third-order valence-electron chi connectivity index (χ3n) is 21.8. The Morgan fingerprint density at radius 3 is 1.31 bits per heavy atom. The van der Waals surface area contributed by atoms with Gasteiger partial charge in [0.2, 0.25) is 17.7 Å². The van der Waals surface area contributed by atoms with Crippen molar-refractivity contribution < 1.29 is 34.8 Å². The van der Waals surface area contributed by atoms with Gasteiger partial charge in [-0.2, -0.15) is 0 Å². The first kappa shape index (κ1) is 86.2. The summed E-state index contributed by atoms with van der Waals surface area (Å²) in [6.45, 7) is 34.6. The minimum Gasteiger partial charge on any atom is -0.392 e. The number of nitrogens with zero attached hydrogens (tertiary/aromatic N) is 11. The number of hydrogen-bond donors (Lipinski definition) is 8. The number of benzene rings is 5. The highest BCUT2D eigenvalue weighted by atomic mass is 35.5. The number of amides is 3. The lowest BCUT2D eigenvalue weighted by Crippen LogP contribution is -2.59. The van der Waals surface area contributed by atoms with E-state index in [1.165, 1.54) is 22.3 Å². The summed E-state index contributed by atoms with van der Waals surface area (Å²) < 4.78 is 0. The summed E-state index contributed by atoms with van der Waals surface area (Å²) in [4.78, 5) is 61.1. The van der Waals surface area contributed by atoms with E-state index in [1.807, 2.05) is 15.9 Å². The normalized spacial score (nSPS) is 25.5. The molecule has 0 spiro atoms. The molecule has 592 valence electrons. The van der Waals surface area contributed by atoms with Crippen molar-refractivity contribution in [2.24, 2.45) is 0 Å². The van der Waals surface area contributed by atoms with E-state index in [-0.39, 0.29) is 54.6 Å². The van der Waals surface area contributed by atoms with E-state index in [2.05, 4.69) is 183 Å². The molecule has 5 aromatic rings. The number of likely N-dealkylation sites (tertiary alicyclic amines) is 4. The van der Waals surface area contributed by atoms with E-state index < -0.39 is 0 Å². The van der Waals surface area contributed by atoms with Crippen LogP contribution in [0, 0.1) is 5.41 Å². The number of hydrogen-bond acceptors (Lipinski definition) is 19. The van der Waals surface area contributed by atoms with E-state index in [0.29, 0.717) is 72.8 Å². The maximum atomic E-state index is 13.0. The summed E-state index contributed by atoms with van der Waals surface area (Å²) >= 11 is 18.3. The number of halogens is 3. The van der Waals surface area contributed by atoms with Crippen molar-refractivity contribution in [3.63, 3.8) is 0 Å². The predicted octanol–water partition coefficient (Wildman–Crippen LogP) is 5.62. The van der Waals surface area contributed by atoms with Crippen LogP contribution in [-0.2, 0) is 47.0 Å². The number of alkyl halides is 1. The largest absolute Gasteiger partial charge is 0.392 e. The molecule has 9 atom stereocenters. The molecule has 3 amide bonds. The minimum atomic E-state index is -0.308. The van der Waals surface area contributed by atoms with Gasteiger partial charge >= 0.3 is 0 Å². The van der Waals surface area contributed by atoms with Gasteiger partial charge in [0.15, 0.2) is 0 Å². The third kappa shape index (κ3) is 29.7. The Bertz CT molecular complexity index is 3450. The summed E-state index contributed by atoms with van der Waals surface area (Å²) in [5, 5.41) is 55.5. The lowest BCUT2D eigenvalue weighted by molar-refractivity contribution is -0.142. The van der Waals surface area contributed by atoms with Gasteiger partial charge in [-0.3, -0.25) is 59.0 Å². The highest BCUT2D eigenvalue weighted by Crippen LogP contribution is 2.26. The Balaban J connectivity index is 0.000000158. The van der Waals surface area contributed by atoms with Crippen molar-refractivity contribution >= 4 is 58.4 Å². The van der Waals surface area contributed by atoms with Crippen LogP contribution in [0.2, 0.25) is 10.0 Å². The number of rotatable bonds is 19. The van der Waals surface area contributed by atoms with Crippen molar-refractivity contribution in [1.29, 1.82) is 5.41 Å². The lowest BCUT2D eigenvalue weighted by atomic mass is 10.1. The molecule has 0 saturated carbocycles. The molecule has 0 bridgehead atoms. The third-order valence-corrected chi connectivity index (χ3v) is 22.9. The minimum absolute atomic E-state index is 0.0151. The van der Waals surface area contributed by atoms with Gasteiger partial charge < -0.3 is 51.1 Å². The average molecular weight is 1550 g/mol. The van der Waals surface area contributed by atoms with Gasteiger partial charge in [-0.15, -0.1) is 11.6 Å². The van der Waals surface area contributed by atoms with E-state index in [1.54, 1.807) is 36.7 Å². The van der Waals surface area contributed by atoms with Crippen molar-refractivity contribution in [2.75, 3.05) is 183 Å². The number of aliphatic hydroxyl groups excluding tert-OH is 4. The molecule has 9 heterocycles. The first-order chi connectivity index (χ1) is 52.3. The van der Waals surface area contributed by atoms with Gasteiger partial charge in [-0.25, -0.2) is 0 Å². The summed E-state index contributed by atoms with van der Waals surface area (Å²) in [6, 6.07) is 50.0. The summed E-state index contributed by atoms with van der Waals surface area (Å²) in [6.07, 6.45) is 3.04. The lowest BCUT2D eigenvalue weighted by Gasteiger charge is -2.43. The average Bonchev–Trinajstić information content (AvgIpc) is 1.07. The Morgan fingerprint density at radius 2 is 0.870 bits per heavy atom. The zero-order chi connectivity index (χ0) is 76.6. The van der Waals surface area contributed by atoms with E-state index in [0.717, 1.165) is 201 Å². The first-order valence-corrected chi connectivity index (χ1v) is 40.5. The molecule has 0 aliphatic carbocycles. The molecule has 9 fully saturated rings. The Labute approximate surface area is 658 Å². The number of piperazine rings is 5. The van der Waals surface area contributed by atoms with E-state index in [4.69, 9.17) is 40.2 Å². The maximum Gasteiger partial charge on any atom is 0.227 e. The monoisotopic (exact) mass is 1550 g/mol. The fourth-order valence-electron chi connectivity index (χ4n) is 16.0. The van der Waals surface area contributed by atoms with E-state index in [9.17, 15) is 34.8 Å². The molecule has 14 rings (SSSR count). The fraction of sp³-hybridized carbons (Fsp3) is 0.578. The molecule has 9 aliphatic heterocycles. The first-order valence-electron chi connectivity index (χ1n) is 39.2. The van der Waals surface area contributed by atoms with Crippen LogP contribution in [0.1, 0.15) is 67.3 Å². The van der Waals surface area contributed by atoms with Gasteiger partial charge in [-0.1, -0.05) is 151 Å². The molecule has 25 heteroatoms. The Kier molecular flexibility index (Phi) is 36.9. The molecule has 8 N–H and O–H groups in total. The highest BCUT2D eigenvalue weighted by molar-refractivity contribution is 6.42. The number of β-amino-alcohol motifs (C(OH)–C–C–N with tert-alkyl or cyclic N) is 4. The van der Waals surface area contributed by atoms with Crippen LogP contribution in [-0.4, -0.2) is 335 Å². The number of carbonyl (C=O) groups is 3. The van der Waals surface area contributed by atoms with Gasteiger partial charge in [0.05, 0.1) is 46.9 Å². The topological polar surface area (TPSA) is 228 Å². The molecule has 0 radical (unpaired) electrons. The second-order valence-corrected chi connectivity index (χ2v) is 31.5. The van der Waals surface area contributed by atoms with Gasteiger partial charge in [0, 0.05) is 247 Å². The van der Waals surface area contributed by atoms with Crippen molar-refractivity contribution in [1.82, 2.24) is 69.8 Å². The van der Waals surface area contributed by atoms with Crippen LogP contribution < -0.4 is 16.0 Å². The SMILES string of the molecule is C=C=N.CC(=O)N1CCN(C(=O)Cc2ccc(Cl)c(Cl)c2)C(CN2CC[C@H](O)C2)C1.CC(=O)N1CCNC(CN2CC[C@H](O)C2)C1.ClCC1CN(Cc2ccccc2)CCN1Cc1ccccc1.O[C@H]1CCN(CC2CN(Cc3ccccc3)CCN2Cc2ccccc2)C1.O[C@H]1CCN(CC2CNCCN2)C1. The molecule has 22 nitrogen and oxygen atoms in total. The van der Waals surface area contributed by atoms with Gasteiger partial charge in [0.25, 0.3) is 0 Å².